The minimum Gasteiger partial charge on any atom is -0.457 e. The van der Waals surface area contributed by atoms with E-state index in [-0.39, 0.29) is 18.1 Å². The van der Waals surface area contributed by atoms with Crippen LogP contribution in [0.5, 0.6) is 0 Å². The van der Waals surface area contributed by atoms with Crippen LogP contribution in [0.25, 0.3) is 0 Å². The van der Waals surface area contributed by atoms with Gasteiger partial charge >= 0.3 is 18.0 Å². The van der Waals surface area contributed by atoms with Crippen LogP contribution < -0.4 is 0 Å². The first-order valence-electron chi connectivity index (χ1n) is 17.1. The Hall–Kier alpha value is -2.58. The second-order valence-electron chi connectivity index (χ2n) is 15.2. The highest BCUT2D eigenvalue weighted by molar-refractivity contribution is 6.00. The van der Waals surface area contributed by atoms with Crippen molar-refractivity contribution in [3.05, 3.63) is 12.7 Å². The van der Waals surface area contributed by atoms with Gasteiger partial charge in [-0.1, -0.05) is 26.8 Å². The normalized spacial score (nSPS) is 47.6. The van der Waals surface area contributed by atoms with Crippen LogP contribution in [0.4, 0.5) is 4.79 Å². The molecule has 1 amide bonds. The molecule has 13 nitrogen and oxygen atoms in total. The minimum atomic E-state index is -1.22. The van der Waals surface area contributed by atoms with Crippen LogP contribution in [0.1, 0.15) is 74.7 Å². The number of esters is 2. The van der Waals surface area contributed by atoms with E-state index < -0.39 is 88.7 Å². The van der Waals surface area contributed by atoms with Crippen LogP contribution in [0.3, 0.4) is 0 Å². The summed E-state index contributed by atoms with van der Waals surface area (Å²) in [5.74, 6) is -3.96. The summed E-state index contributed by atoms with van der Waals surface area (Å²) >= 11 is 0. The average Bonchev–Trinajstić information content (AvgIpc) is 3.66. The molecule has 270 valence electrons. The van der Waals surface area contributed by atoms with Gasteiger partial charge < -0.3 is 38.1 Å². The Balaban J connectivity index is 1.59. The monoisotopic (exact) mass is 678 g/mol. The van der Waals surface area contributed by atoms with Crippen molar-refractivity contribution < 1.29 is 52.3 Å². The molecule has 0 saturated carbocycles. The van der Waals surface area contributed by atoms with Gasteiger partial charge in [0.15, 0.2) is 23.8 Å². The third-order valence-electron chi connectivity index (χ3n) is 11.8. The van der Waals surface area contributed by atoms with E-state index in [1.807, 2.05) is 46.7 Å². The number of hydrogen-bond donors (Lipinski definition) is 0. The zero-order valence-corrected chi connectivity index (χ0v) is 30.3. The maximum atomic E-state index is 14.3. The predicted octanol–water partition coefficient (Wildman–Crippen LogP) is 3.26. The molecule has 0 aliphatic carbocycles. The number of carbonyl (C=O) groups is 4. The molecule has 0 aromatic carbocycles. The smallest absolute Gasteiger partial charge is 0.411 e. The Labute approximate surface area is 283 Å². The average molecular weight is 679 g/mol. The van der Waals surface area contributed by atoms with Gasteiger partial charge in [0.2, 0.25) is 0 Å². The number of amides is 1. The van der Waals surface area contributed by atoms with Crippen LogP contribution in [-0.2, 0) is 47.5 Å². The van der Waals surface area contributed by atoms with Crippen molar-refractivity contribution >= 4 is 23.8 Å². The number of carbonyl (C=O) groups excluding carboxylic acids is 4. The molecule has 0 aromatic rings. The lowest BCUT2D eigenvalue weighted by atomic mass is 9.65. The maximum Gasteiger partial charge on any atom is 0.411 e. The molecule has 1 spiro atoms. The minimum absolute atomic E-state index is 0.226. The highest BCUT2D eigenvalue weighted by Gasteiger charge is 2.87. The molecule has 5 rings (SSSR count). The zero-order valence-electron chi connectivity index (χ0n) is 30.3. The second kappa shape index (κ2) is 12.6. The molecule has 48 heavy (non-hydrogen) atoms. The van der Waals surface area contributed by atoms with Crippen molar-refractivity contribution in [3.8, 4) is 0 Å². The Morgan fingerprint density at radius 3 is 2.38 bits per heavy atom. The molecule has 0 unspecified atom stereocenters. The van der Waals surface area contributed by atoms with Crippen LogP contribution in [0.2, 0.25) is 0 Å². The van der Waals surface area contributed by atoms with Gasteiger partial charge in [-0.15, -0.1) is 6.58 Å². The summed E-state index contributed by atoms with van der Waals surface area (Å²) in [5.41, 5.74) is -4.07. The summed E-state index contributed by atoms with van der Waals surface area (Å²) in [6, 6.07) is -0.773. The fraction of sp³-hybridized carbons (Fsp3) is 0.829. The third kappa shape index (κ3) is 5.48. The molecule has 14 atom stereocenters. The van der Waals surface area contributed by atoms with E-state index in [1.54, 1.807) is 31.9 Å². The van der Waals surface area contributed by atoms with Gasteiger partial charge in [-0.2, -0.15) is 0 Å². The Bertz CT molecular complexity index is 1320. The number of likely N-dealkylation sites (N-methyl/N-ethyl adjacent to an activating group) is 1. The molecule has 13 heteroatoms. The van der Waals surface area contributed by atoms with Gasteiger partial charge in [-0.3, -0.25) is 19.3 Å². The van der Waals surface area contributed by atoms with Crippen molar-refractivity contribution in [2.45, 2.75) is 140 Å². The van der Waals surface area contributed by atoms with Crippen molar-refractivity contribution in [1.29, 1.82) is 0 Å². The Kier molecular flexibility index (Phi) is 9.66. The molecule has 5 aliphatic heterocycles. The number of hydrogen-bond acceptors (Lipinski definition) is 12. The SMILES string of the molecule is C=C[C@@]12O[C@@]13CN1C(=O)O[C@](C)([C@@H](CC)OC(=O)[C@H](C)C(=O)[C@H](C)[C@@H](O[C@@H]4O[C@H](C)C[C@H](N(C)C)[C@H]4OC(C)=O)[C@](C)(OC)C[C@H]2C)[C@H]13. The summed E-state index contributed by atoms with van der Waals surface area (Å²) in [6.07, 6.45) is -1.34. The molecule has 5 heterocycles. The van der Waals surface area contributed by atoms with Gasteiger partial charge in [-0.25, -0.2) is 4.79 Å². The van der Waals surface area contributed by atoms with Gasteiger partial charge in [0.05, 0.1) is 30.4 Å². The Morgan fingerprint density at radius 1 is 1.15 bits per heavy atom. The van der Waals surface area contributed by atoms with E-state index in [1.165, 1.54) is 13.8 Å². The lowest BCUT2D eigenvalue weighted by Crippen LogP contribution is -2.72. The number of ketones is 1. The van der Waals surface area contributed by atoms with Crippen molar-refractivity contribution in [2.24, 2.45) is 17.8 Å². The summed E-state index contributed by atoms with van der Waals surface area (Å²) in [4.78, 5) is 57.0. The fourth-order valence-electron chi connectivity index (χ4n) is 9.17. The van der Waals surface area contributed by atoms with Crippen LogP contribution in [0.15, 0.2) is 12.7 Å². The van der Waals surface area contributed by atoms with E-state index in [0.29, 0.717) is 25.8 Å². The quantitative estimate of drug-likeness (QED) is 0.128. The van der Waals surface area contributed by atoms with Crippen molar-refractivity contribution in [3.63, 3.8) is 0 Å². The standard InChI is InChI=1S/C35H54N2O11/c1-13-24-33(9)30-35(17-37(30)31(41)47-33)34(14-2,48-35)18(3)16-32(8,42-12)27(20(5)25(39)21(6)28(40)45-24)46-29-26(44-22(7)38)23(36(10)11)15-19(4)43-29/h14,18-21,23-24,26-27,29-30H,2,13,15-17H2,1,3-12H3/t18-,19-,20+,21-,23+,24-,26-,27-,29+,30+,32-,33-,34+,35-/m1/s1. The maximum absolute atomic E-state index is 14.3. The highest BCUT2D eigenvalue weighted by Crippen LogP contribution is 2.67. The molecule has 0 radical (unpaired) electrons. The molecular formula is C35H54N2O11. The molecular weight excluding hydrogens is 624 g/mol. The molecule has 5 aliphatic rings. The predicted molar refractivity (Wildman–Crippen MR) is 172 cm³/mol. The summed E-state index contributed by atoms with van der Waals surface area (Å²) < 4.78 is 43.9. The largest absolute Gasteiger partial charge is 0.457 e. The first-order chi connectivity index (χ1) is 22.4. The number of nitrogens with zero attached hydrogens (tertiary/aromatic N) is 2. The molecule has 0 aromatic heterocycles. The van der Waals surface area contributed by atoms with Crippen molar-refractivity contribution in [1.82, 2.24) is 9.80 Å². The topological polar surface area (TPSA) is 143 Å². The number of rotatable bonds is 7. The molecule has 0 N–H and O–H groups in total. The summed E-state index contributed by atoms with van der Waals surface area (Å²) in [7, 11) is 5.36. The van der Waals surface area contributed by atoms with E-state index in [9.17, 15) is 19.2 Å². The van der Waals surface area contributed by atoms with Crippen LogP contribution in [0, 0.1) is 17.8 Å². The molecule has 5 saturated heterocycles. The number of cyclic esters (lactones) is 1. The van der Waals surface area contributed by atoms with Crippen LogP contribution >= 0.6 is 0 Å². The summed E-state index contributed by atoms with van der Waals surface area (Å²) in [5, 5.41) is 0. The fourth-order valence-corrected chi connectivity index (χ4v) is 9.17. The lowest BCUT2D eigenvalue weighted by molar-refractivity contribution is -0.298. The zero-order chi connectivity index (χ0) is 35.7. The molecule has 5 fully saturated rings. The number of methoxy groups -OCH3 is 1. The first kappa shape index (κ1) is 36.7. The van der Waals surface area contributed by atoms with E-state index in [0.717, 1.165) is 0 Å². The highest BCUT2D eigenvalue weighted by atomic mass is 16.7. The lowest BCUT2D eigenvalue weighted by Gasteiger charge is -2.50. The second-order valence-corrected chi connectivity index (χ2v) is 15.2. The summed E-state index contributed by atoms with van der Waals surface area (Å²) in [6.45, 7) is 18.5. The van der Waals surface area contributed by atoms with E-state index in [4.69, 9.17) is 33.2 Å². The Morgan fingerprint density at radius 2 is 1.81 bits per heavy atom. The van der Waals surface area contributed by atoms with E-state index >= 15 is 0 Å². The number of ether oxygens (including phenoxy) is 7. The first-order valence-corrected chi connectivity index (χ1v) is 17.1. The van der Waals surface area contributed by atoms with E-state index in [2.05, 4.69) is 6.58 Å². The van der Waals surface area contributed by atoms with Gasteiger partial charge in [0, 0.05) is 20.0 Å². The van der Waals surface area contributed by atoms with Gasteiger partial charge in [0.1, 0.15) is 29.3 Å². The van der Waals surface area contributed by atoms with Gasteiger partial charge in [0.25, 0.3) is 0 Å². The van der Waals surface area contributed by atoms with Crippen LogP contribution in [-0.4, -0.2) is 127 Å². The number of epoxide rings is 1. The number of Topliss-reactive ketones (excluding diaryl/α,β-unsaturated/α-hetero) is 1. The molecule has 0 bridgehead atoms. The van der Waals surface area contributed by atoms with Crippen molar-refractivity contribution in [2.75, 3.05) is 27.7 Å². The van der Waals surface area contributed by atoms with Gasteiger partial charge in [-0.05, 0) is 67.0 Å². The third-order valence-corrected chi connectivity index (χ3v) is 11.8.